The Balaban J connectivity index is 1.67. The summed E-state index contributed by atoms with van der Waals surface area (Å²) in [7, 11) is 0. The maximum Gasteiger partial charge on any atom is 0.410 e. The van der Waals surface area contributed by atoms with Gasteiger partial charge in [-0.25, -0.2) is 4.79 Å². The van der Waals surface area contributed by atoms with Gasteiger partial charge in [-0.3, -0.25) is 0 Å². The lowest BCUT2D eigenvalue weighted by Crippen LogP contribution is -2.54. The summed E-state index contributed by atoms with van der Waals surface area (Å²) in [6.07, 6.45) is -0.331. The molecule has 210 valence electrons. The molecule has 1 saturated heterocycles. The fraction of sp³-hybridized carbons (Fsp3) is 0.483. The number of ether oxygens (including phenoxy) is 3. The molecule has 0 spiro atoms. The lowest BCUT2D eigenvalue weighted by molar-refractivity contribution is 0.0896. The van der Waals surface area contributed by atoms with Gasteiger partial charge in [-0.05, 0) is 76.0 Å². The Morgan fingerprint density at radius 1 is 1.05 bits per heavy atom. The topological polar surface area (TPSA) is 77.0 Å². The average Bonchev–Trinajstić information content (AvgIpc) is 2.84. The molecular formula is C29H36BrClN4O4. The van der Waals surface area contributed by atoms with E-state index < -0.39 is 11.2 Å². The van der Waals surface area contributed by atoms with Crippen LogP contribution in [-0.4, -0.2) is 57.8 Å². The van der Waals surface area contributed by atoms with Crippen LogP contribution < -0.4 is 14.4 Å². The van der Waals surface area contributed by atoms with Crippen LogP contribution in [0.2, 0.25) is 5.02 Å². The Morgan fingerprint density at radius 3 is 2.33 bits per heavy atom. The Labute approximate surface area is 243 Å². The summed E-state index contributed by atoms with van der Waals surface area (Å²) in [6.45, 7) is 15.6. The Morgan fingerprint density at radius 2 is 1.72 bits per heavy atom. The van der Waals surface area contributed by atoms with Crippen LogP contribution in [0, 0.1) is 0 Å². The van der Waals surface area contributed by atoms with Crippen LogP contribution in [0.4, 0.5) is 10.6 Å². The van der Waals surface area contributed by atoms with Crippen LogP contribution in [0.5, 0.6) is 11.8 Å². The lowest BCUT2D eigenvalue weighted by atomic mass is 10.1. The number of aromatic nitrogens is 2. The molecule has 10 heteroatoms. The molecule has 4 rings (SSSR count). The molecule has 0 saturated carbocycles. The number of fused-ring (bicyclic) bond motifs is 1. The summed E-state index contributed by atoms with van der Waals surface area (Å²) in [5.74, 6) is 1.21. The van der Waals surface area contributed by atoms with Gasteiger partial charge in [0.05, 0.1) is 9.50 Å². The number of amides is 1. The Hall–Kier alpha value is -2.78. The standard InChI is InChI=1S/C29H36BrClN4O4/c1-18-16-34(27(36)37-17-19-11-9-8-10-12-19)13-14-35(18)25-20-15-21(31)22(30)24(38-28(2,3)4)23(20)32-26(33-25)39-29(5,6)7/h8-12,15,18H,13-14,16-17H2,1-7H3/t18-/m0/s1. The summed E-state index contributed by atoms with van der Waals surface area (Å²) in [5.41, 5.74) is 0.553. The van der Waals surface area contributed by atoms with Crippen molar-refractivity contribution in [3.05, 3.63) is 51.5 Å². The van der Waals surface area contributed by atoms with Crippen LogP contribution in [-0.2, 0) is 11.3 Å². The monoisotopic (exact) mass is 618 g/mol. The molecule has 8 nitrogen and oxygen atoms in total. The molecule has 2 aromatic carbocycles. The van der Waals surface area contributed by atoms with Gasteiger partial charge >= 0.3 is 12.1 Å². The van der Waals surface area contributed by atoms with Crippen molar-refractivity contribution in [2.24, 2.45) is 0 Å². The van der Waals surface area contributed by atoms with Crippen molar-refractivity contribution in [3.63, 3.8) is 0 Å². The second-order valence-electron chi connectivity index (χ2n) is 11.7. The summed E-state index contributed by atoms with van der Waals surface area (Å²) < 4.78 is 18.7. The molecule has 3 aromatic rings. The third-order valence-electron chi connectivity index (χ3n) is 5.97. The minimum absolute atomic E-state index is 0.0574. The van der Waals surface area contributed by atoms with Crippen LogP contribution in [0.3, 0.4) is 0 Å². The van der Waals surface area contributed by atoms with Crippen LogP contribution in [0.25, 0.3) is 10.9 Å². The quantitative estimate of drug-likeness (QED) is 0.298. The first-order chi connectivity index (χ1) is 18.2. The van der Waals surface area contributed by atoms with Gasteiger partial charge in [0, 0.05) is 31.1 Å². The molecule has 2 heterocycles. The first kappa shape index (κ1) is 29.2. The number of benzene rings is 2. The molecule has 1 fully saturated rings. The molecule has 0 unspecified atom stereocenters. The van der Waals surface area contributed by atoms with Crippen LogP contribution in [0.15, 0.2) is 40.9 Å². The van der Waals surface area contributed by atoms with Crippen LogP contribution in [0.1, 0.15) is 54.0 Å². The zero-order chi connectivity index (χ0) is 28.5. The van der Waals surface area contributed by atoms with Crippen molar-refractivity contribution in [1.82, 2.24) is 14.9 Å². The van der Waals surface area contributed by atoms with E-state index >= 15 is 0 Å². The average molecular weight is 620 g/mol. The van der Waals surface area contributed by atoms with Crippen molar-refractivity contribution >= 4 is 50.3 Å². The van der Waals surface area contributed by atoms with Crippen molar-refractivity contribution in [2.45, 2.75) is 72.3 Å². The summed E-state index contributed by atoms with van der Waals surface area (Å²) in [5, 5.41) is 1.24. The van der Waals surface area contributed by atoms with Crippen molar-refractivity contribution in [3.8, 4) is 11.8 Å². The molecular weight excluding hydrogens is 584 g/mol. The van der Waals surface area contributed by atoms with E-state index in [4.69, 9.17) is 35.8 Å². The van der Waals surface area contributed by atoms with Gasteiger partial charge in [0.1, 0.15) is 29.1 Å². The summed E-state index contributed by atoms with van der Waals surface area (Å²) in [6, 6.07) is 11.7. The molecule has 39 heavy (non-hydrogen) atoms. The van der Waals surface area contributed by atoms with Crippen LogP contribution >= 0.6 is 27.5 Å². The molecule has 0 radical (unpaired) electrons. The van der Waals surface area contributed by atoms with E-state index in [1.165, 1.54) is 0 Å². The summed E-state index contributed by atoms with van der Waals surface area (Å²) >= 11 is 10.3. The molecule has 1 atom stereocenters. The number of hydrogen-bond donors (Lipinski definition) is 0. The van der Waals surface area contributed by atoms with Crippen molar-refractivity contribution in [2.75, 3.05) is 24.5 Å². The molecule has 1 aliphatic heterocycles. The zero-order valence-electron chi connectivity index (χ0n) is 23.5. The Kier molecular flexibility index (Phi) is 8.52. The number of carbonyl (C=O) groups excluding carboxylic acids is 1. The Bertz CT molecular complexity index is 1340. The van der Waals surface area contributed by atoms with Gasteiger partial charge < -0.3 is 24.0 Å². The highest BCUT2D eigenvalue weighted by Gasteiger charge is 2.32. The van der Waals surface area contributed by atoms with Gasteiger partial charge in [-0.2, -0.15) is 9.97 Å². The van der Waals surface area contributed by atoms with E-state index in [1.54, 1.807) is 4.90 Å². The third kappa shape index (κ3) is 7.25. The number of anilines is 1. The van der Waals surface area contributed by atoms with Crippen molar-refractivity contribution in [1.29, 1.82) is 0 Å². The van der Waals surface area contributed by atoms with Crippen molar-refractivity contribution < 1.29 is 19.0 Å². The predicted molar refractivity (Wildman–Crippen MR) is 158 cm³/mol. The highest BCUT2D eigenvalue weighted by Crippen LogP contribution is 2.44. The van der Waals surface area contributed by atoms with E-state index in [2.05, 4.69) is 27.8 Å². The molecule has 1 amide bonds. The number of rotatable bonds is 5. The highest BCUT2D eigenvalue weighted by atomic mass is 79.9. The second-order valence-corrected chi connectivity index (χ2v) is 12.9. The third-order valence-corrected chi connectivity index (χ3v) is 7.28. The van der Waals surface area contributed by atoms with E-state index in [9.17, 15) is 4.79 Å². The number of hydrogen-bond acceptors (Lipinski definition) is 7. The smallest absolute Gasteiger partial charge is 0.410 e. The minimum atomic E-state index is -0.507. The molecule has 1 aromatic heterocycles. The maximum atomic E-state index is 12.8. The number of carbonyl (C=O) groups is 1. The van der Waals surface area contributed by atoms with Gasteiger partial charge in [0.15, 0.2) is 5.75 Å². The van der Waals surface area contributed by atoms with Gasteiger partial charge in [0.25, 0.3) is 0 Å². The number of piperazine rings is 1. The van der Waals surface area contributed by atoms with Gasteiger partial charge in [-0.15, -0.1) is 0 Å². The fourth-order valence-corrected chi connectivity index (χ4v) is 4.91. The minimum Gasteiger partial charge on any atom is -0.485 e. The molecule has 0 bridgehead atoms. The first-order valence-electron chi connectivity index (χ1n) is 13.0. The maximum absolute atomic E-state index is 12.8. The molecule has 0 N–H and O–H groups in total. The second kappa shape index (κ2) is 11.4. The van der Waals surface area contributed by atoms with Gasteiger partial charge in [-0.1, -0.05) is 41.9 Å². The lowest BCUT2D eigenvalue weighted by Gasteiger charge is -2.40. The van der Waals surface area contributed by atoms with E-state index in [0.717, 1.165) is 10.9 Å². The molecule has 1 aliphatic rings. The normalized spacial score (nSPS) is 16.4. The summed E-state index contributed by atoms with van der Waals surface area (Å²) in [4.78, 5) is 26.3. The zero-order valence-corrected chi connectivity index (χ0v) is 25.9. The van der Waals surface area contributed by atoms with E-state index in [1.807, 2.05) is 77.9 Å². The molecule has 0 aliphatic carbocycles. The predicted octanol–water partition coefficient (Wildman–Crippen LogP) is 7.25. The van der Waals surface area contributed by atoms with E-state index in [0.29, 0.717) is 46.2 Å². The fourth-order valence-electron chi connectivity index (χ4n) is 4.33. The number of halogens is 2. The van der Waals surface area contributed by atoms with Gasteiger partial charge in [0.2, 0.25) is 0 Å². The van der Waals surface area contributed by atoms with E-state index in [-0.39, 0.29) is 24.8 Å². The first-order valence-corrected chi connectivity index (χ1v) is 14.2. The largest absolute Gasteiger partial charge is 0.485 e. The number of nitrogens with zero attached hydrogens (tertiary/aromatic N) is 4. The highest BCUT2D eigenvalue weighted by molar-refractivity contribution is 9.10. The SMILES string of the molecule is C[C@H]1CN(C(=O)OCc2ccccc2)CCN1c1nc(OC(C)(C)C)nc2c(OC(C)(C)C)c(Br)c(Cl)cc12.